The number of carbonyl (C=O) groups excluding carboxylic acids is 1. The minimum absolute atomic E-state index is 0.0291. The lowest BCUT2D eigenvalue weighted by Gasteiger charge is -2.18. The van der Waals surface area contributed by atoms with Crippen LogP contribution in [0.15, 0.2) is 65.6 Å². The van der Waals surface area contributed by atoms with Gasteiger partial charge in [0.25, 0.3) is 0 Å². The number of sulfonamides is 1. The molecule has 7 nitrogen and oxygen atoms in total. The van der Waals surface area contributed by atoms with Gasteiger partial charge in [-0.1, -0.05) is 42.5 Å². The third kappa shape index (κ3) is 5.38. The molecule has 0 saturated carbocycles. The molecule has 3 aromatic carbocycles. The maximum Gasteiger partial charge on any atom is 0.243 e. The largest absolute Gasteiger partial charge is 0.493 e. The number of amides is 1. The highest BCUT2D eigenvalue weighted by molar-refractivity contribution is 7.89. The van der Waals surface area contributed by atoms with E-state index in [0.29, 0.717) is 18.0 Å². The number of nitrogens with one attached hydrogen (secondary N) is 1. The van der Waals surface area contributed by atoms with Crippen LogP contribution in [0.5, 0.6) is 11.5 Å². The van der Waals surface area contributed by atoms with E-state index in [4.69, 9.17) is 9.47 Å². The van der Waals surface area contributed by atoms with Crippen LogP contribution in [-0.2, 0) is 21.2 Å². The Morgan fingerprint density at radius 1 is 0.969 bits per heavy atom. The van der Waals surface area contributed by atoms with Crippen molar-refractivity contribution in [3.8, 4) is 11.5 Å². The van der Waals surface area contributed by atoms with Gasteiger partial charge in [-0.2, -0.15) is 4.31 Å². The van der Waals surface area contributed by atoms with Gasteiger partial charge in [0.1, 0.15) is 0 Å². The first-order valence-corrected chi connectivity index (χ1v) is 11.7. The van der Waals surface area contributed by atoms with Crippen molar-refractivity contribution in [1.82, 2.24) is 9.62 Å². The first-order chi connectivity index (χ1) is 15.4. The molecule has 0 aliphatic rings. The van der Waals surface area contributed by atoms with Crippen LogP contribution in [0.3, 0.4) is 0 Å². The fraction of sp³-hybridized carbons (Fsp3) is 0.292. The number of rotatable bonds is 10. The lowest BCUT2D eigenvalue weighted by Crippen LogP contribution is -2.38. The number of ether oxygens (including phenoxy) is 2. The van der Waals surface area contributed by atoms with Crippen molar-refractivity contribution in [2.24, 2.45) is 0 Å². The average molecular weight is 457 g/mol. The van der Waals surface area contributed by atoms with E-state index in [1.165, 1.54) is 55.8 Å². The van der Waals surface area contributed by atoms with Crippen molar-refractivity contribution in [2.45, 2.75) is 17.7 Å². The van der Waals surface area contributed by atoms with Crippen molar-refractivity contribution in [1.29, 1.82) is 0 Å². The molecule has 32 heavy (non-hydrogen) atoms. The van der Waals surface area contributed by atoms with Crippen LogP contribution in [0, 0.1) is 0 Å². The standard InChI is InChI=1S/C24H28N2O5S/c1-26(32(28,29)20-13-14-22(30-2)23(16-20)31-3)17-24(27)25-15-7-11-19-10-6-9-18-8-4-5-12-21(18)19/h4-6,8-10,12-14,16H,7,11,15,17H2,1-3H3,(H,25,27). The molecule has 3 rings (SSSR count). The highest BCUT2D eigenvalue weighted by Gasteiger charge is 2.24. The second-order valence-electron chi connectivity index (χ2n) is 7.37. The van der Waals surface area contributed by atoms with Crippen molar-refractivity contribution in [3.05, 3.63) is 66.2 Å². The zero-order valence-electron chi connectivity index (χ0n) is 18.5. The number of hydrogen-bond donors (Lipinski definition) is 1. The summed E-state index contributed by atoms with van der Waals surface area (Å²) in [5.41, 5.74) is 1.23. The Balaban J connectivity index is 1.54. The molecular formula is C24H28N2O5S. The van der Waals surface area contributed by atoms with Gasteiger partial charge in [-0.15, -0.1) is 0 Å². The minimum atomic E-state index is -3.85. The van der Waals surface area contributed by atoms with Crippen LogP contribution in [0.25, 0.3) is 10.8 Å². The van der Waals surface area contributed by atoms with Crippen LogP contribution >= 0.6 is 0 Å². The van der Waals surface area contributed by atoms with Gasteiger partial charge in [0.05, 0.1) is 25.7 Å². The summed E-state index contributed by atoms with van der Waals surface area (Å²) in [6.45, 7) is 0.192. The minimum Gasteiger partial charge on any atom is -0.493 e. The Labute approximate surface area is 189 Å². The fourth-order valence-corrected chi connectivity index (χ4v) is 4.66. The Hall–Kier alpha value is -3.10. The highest BCUT2D eigenvalue weighted by atomic mass is 32.2. The quantitative estimate of drug-likeness (QED) is 0.474. The molecule has 0 aliphatic heterocycles. The van der Waals surface area contributed by atoms with E-state index in [1.54, 1.807) is 0 Å². The lowest BCUT2D eigenvalue weighted by atomic mass is 10.0. The molecule has 0 bridgehead atoms. The third-order valence-electron chi connectivity index (χ3n) is 5.25. The van der Waals surface area contributed by atoms with Gasteiger partial charge >= 0.3 is 0 Å². The first-order valence-electron chi connectivity index (χ1n) is 10.3. The molecule has 1 N–H and O–H groups in total. The molecule has 0 radical (unpaired) electrons. The van der Waals surface area contributed by atoms with E-state index < -0.39 is 10.0 Å². The summed E-state index contributed by atoms with van der Waals surface area (Å²) in [5.74, 6) is 0.382. The average Bonchev–Trinajstić information content (AvgIpc) is 2.81. The van der Waals surface area contributed by atoms with E-state index in [2.05, 4.69) is 29.6 Å². The van der Waals surface area contributed by atoms with Crippen LogP contribution in [0.1, 0.15) is 12.0 Å². The van der Waals surface area contributed by atoms with Crippen LogP contribution in [0.4, 0.5) is 0 Å². The highest BCUT2D eigenvalue weighted by Crippen LogP contribution is 2.30. The van der Waals surface area contributed by atoms with Crippen LogP contribution in [0.2, 0.25) is 0 Å². The molecule has 3 aromatic rings. The van der Waals surface area contributed by atoms with Gasteiger partial charge < -0.3 is 14.8 Å². The molecule has 0 aromatic heterocycles. The summed E-state index contributed by atoms with van der Waals surface area (Å²) in [7, 11) is 0.433. The number of benzene rings is 3. The molecule has 0 saturated heterocycles. The molecule has 0 fully saturated rings. The van der Waals surface area contributed by atoms with Gasteiger partial charge in [-0.05, 0) is 41.3 Å². The van der Waals surface area contributed by atoms with Crippen LogP contribution in [-0.4, -0.2) is 53.0 Å². The zero-order chi connectivity index (χ0) is 23.1. The molecule has 0 aliphatic carbocycles. The summed E-state index contributed by atoms with van der Waals surface area (Å²) < 4.78 is 37.0. The second-order valence-corrected chi connectivity index (χ2v) is 9.41. The summed E-state index contributed by atoms with van der Waals surface area (Å²) in [4.78, 5) is 12.3. The van der Waals surface area contributed by atoms with Gasteiger partial charge in [-0.25, -0.2) is 8.42 Å². The molecular weight excluding hydrogens is 428 g/mol. The zero-order valence-corrected chi connectivity index (χ0v) is 19.3. The van der Waals surface area contributed by atoms with Crippen molar-refractivity contribution < 1.29 is 22.7 Å². The maximum atomic E-state index is 12.8. The topological polar surface area (TPSA) is 84.9 Å². The molecule has 1 amide bonds. The third-order valence-corrected chi connectivity index (χ3v) is 7.05. The summed E-state index contributed by atoms with van der Waals surface area (Å²) >= 11 is 0. The summed E-state index contributed by atoms with van der Waals surface area (Å²) in [6, 6.07) is 18.7. The Bertz CT molecular complexity index is 1190. The summed E-state index contributed by atoms with van der Waals surface area (Å²) in [6.07, 6.45) is 1.58. The van der Waals surface area contributed by atoms with E-state index in [-0.39, 0.29) is 17.3 Å². The van der Waals surface area contributed by atoms with Gasteiger partial charge in [-0.3, -0.25) is 4.79 Å². The predicted molar refractivity (Wildman–Crippen MR) is 125 cm³/mol. The smallest absolute Gasteiger partial charge is 0.243 e. The monoisotopic (exact) mass is 456 g/mol. The number of carbonyl (C=O) groups is 1. The first kappa shape index (κ1) is 23.6. The molecule has 8 heteroatoms. The second kappa shape index (κ2) is 10.5. The van der Waals surface area contributed by atoms with Gasteiger partial charge in [0, 0.05) is 19.7 Å². The Morgan fingerprint density at radius 3 is 2.44 bits per heavy atom. The predicted octanol–water partition coefficient (Wildman–Crippen LogP) is 3.23. The number of fused-ring (bicyclic) bond motifs is 1. The molecule has 0 atom stereocenters. The van der Waals surface area contributed by atoms with Crippen molar-refractivity contribution >= 4 is 26.7 Å². The summed E-state index contributed by atoms with van der Waals surface area (Å²) in [5, 5.41) is 5.21. The van der Waals surface area contributed by atoms with E-state index in [9.17, 15) is 13.2 Å². The Morgan fingerprint density at radius 2 is 1.69 bits per heavy atom. The maximum absolute atomic E-state index is 12.8. The number of methoxy groups -OCH3 is 2. The molecule has 0 unspecified atom stereocenters. The number of aryl methyl sites for hydroxylation is 1. The van der Waals surface area contributed by atoms with E-state index >= 15 is 0 Å². The molecule has 170 valence electrons. The van der Waals surface area contributed by atoms with Crippen molar-refractivity contribution in [3.63, 3.8) is 0 Å². The SMILES string of the molecule is COc1ccc(S(=O)(=O)N(C)CC(=O)NCCCc2cccc3ccccc23)cc1OC. The number of likely N-dealkylation sites (N-methyl/N-ethyl adjacent to an activating group) is 1. The lowest BCUT2D eigenvalue weighted by molar-refractivity contribution is -0.121. The normalized spacial score (nSPS) is 11.5. The molecule has 0 heterocycles. The van der Waals surface area contributed by atoms with E-state index in [1.807, 2.05) is 18.2 Å². The van der Waals surface area contributed by atoms with E-state index in [0.717, 1.165) is 17.1 Å². The van der Waals surface area contributed by atoms with Crippen molar-refractivity contribution in [2.75, 3.05) is 34.4 Å². The number of hydrogen-bond acceptors (Lipinski definition) is 5. The Kier molecular flexibility index (Phi) is 7.71. The molecule has 0 spiro atoms. The van der Waals surface area contributed by atoms with Crippen LogP contribution < -0.4 is 14.8 Å². The van der Waals surface area contributed by atoms with Gasteiger partial charge in [0.2, 0.25) is 15.9 Å². The fourth-order valence-electron chi connectivity index (χ4n) is 3.52. The number of nitrogens with zero attached hydrogens (tertiary/aromatic N) is 1. The van der Waals surface area contributed by atoms with Gasteiger partial charge in [0.15, 0.2) is 11.5 Å².